The van der Waals surface area contributed by atoms with Gasteiger partial charge in [0.15, 0.2) is 5.78 Å². The Morgan fingerprint density at radius 2 is 2.04 bits per heavy atom. The molecule has 2 N–H and O–H groups in total. The van der Waals surface area contributed by atoms with Crippen LogP contribution in [0.25, 0.3) is 0 Å². The van der Waals surface area contributed by atoms with Crippen LogP contribution in [0.5, 0.6) is 0 Å². The molecule has 2 heterocycles. The fourth-order valence-electron chi connectivity index (χ4n) is 3.67. The number of carbonyl (C=O) groups is 3. The van der Waals surface area contributed by atoms with Gasteiger partial charge in [0.1, 0.15) is 5.69 Å². The summed E-state index contributed by atoms with van der Waals surface area (Å²) in [7, 11) is 1.56. The maximum absolute atomic E-state index is 13.1. The van der Waals surface area contributed by atoms with E-state index in [0.29, 0.717) is 36.3 Å². The Kier molecular flexibility index (Phi) is 6.00. The topological polar surface area (TPSA) is 99.7 Å². The molecule has 0 aliphatic carbocycles. The number of rotatable bonds is 7. The molecule has 0 bridgehead atoms. The summed E-state index contributed by atoms with van der Waals surface area (Å²) in [4.78, 5) is 40.9. The third-order valence-corrected chi connectivity index (χ3v) is 4.74. The molecule has 0 radical (unpaired) electrons. The zero-order chi connectivity index (χ0) is 18.7. The van der Waals surface area contributed by atoms with Crippen LogP contribution < -0.4 is 0 Å². The Labute approximate surface area is 147 Å². The van der Waals surface area contributed by atoms with Gasteiger partial charge in [0.2, 0.25) is 0 Å². The van der Waals surface area contributed by atoms with Crippen molar-refractivity contribution in [1.82, 2.24) is 9.88 Å². The van der Waals surface area contributed by atoms with E-state index < -0.39 is 12.0 Å². The van der Waals surface area contributed by atoms with Gasteiger partial charge in [-0.3, -0.25) is 14.4 Å². The number of carboxylic acids is 1. The number of ether oxygens (including phenoxy) is 1. The van der Waals surface area contributed by atoms with Crippen molar-refractivity contribution in [3.8, 4) is 0 Å². The molecule has 1 aromatic rings. The number of nitrogens with zero attached hydrogens (tertiary/aromatic N) is 1. The second kappa shape index (κ2) is 7.82. The molecule has 0 saturated carbocycles. The number of carboxylic acid groups (broad SMARTS) is 1. The molecule has 2 rings (SSSR count). The molecule has 2 unspecified atom stereocenters. The number of aromatic amines is 1. The van der Waals surface area contributed by atoms with Gasteiger partial charge in [0.25, 0.3) is 5.91 Å². The summed E-state index contributed by atoms with van der Waals surface area (Å²) in [6, 6.07) is -0.409. The molecule has 1 amide bonds. The van der Waals surface area contributed by atoms with Gasteiger partial charge < -0.3 is 19.7 Å². The van der Waals surface area contributed by atoms with Crippen LogP contribution in [0.4, 0.5) is 0 Å². The maximum Gasteiger partial charge on any atom is 0.305 e. The van der Waals surface area contributed by atoms with E-state index in [1.807, 2.05) is 6.92 Å². The van der Waals surface area contributed by atoms with Gasteiger partial charge in [0, 0.05) is 31.0 Å². The Morgan fingerprint density at radius 1 is 1.36 bits per heavy atom. The van der Waals surface area contributed by atoms with Gasteiger partial charge in [-0.1, -0.05) is 13.3 Å². The number of ketones is 1. The lowest BCUT2D eigenvalue weighted by atomic mass is 10.0. The Hall–Kier alpha value is -2.15. The molecule has 25 heavy (non-hydrogen) atoms. The third kappa shape index (κ3) is 3.92. The number of hydrogen-bond acceptors (Lipinski definition) is 4. The highest BCUT2D eigenvalue weighted by Crippen LogP contribution is 2.28. The first-order valence-electron chi connectivity index (χ1n) is 8.58. The second-order valence-corrected chi connectivity index (χ2v) is 6.59. The monoisotopic (exact) mass is 350 g/mol. The number of nitrogens with one attached hydrogen (secondary N) is 1. The minimum absolute atomic E-state index is 0.0745. The Bertz CT molecular complexity index is 679. The Balaban J connectivity index is 2.39. The highest BCUT2D eigenvalue weighted by molar-refractivity contribution is 6.03. The first kappa shape index (κ1) is 19.2. The summed E-state index contributed by atoms with van der Waals surface area (Å²) in [5, 5.41) is 9.13. The van der Waals surface area contributed by atoms with E-state index in [1.165, 1.54) is 6.92 Å². The highest BCUT2D eigenvalue weighted by atomic mass is 16.5. The van der Waals surface area contributed by atoms with Crippen molar-refractivity contribution in [1.29, 1.82) is 0 Å². The quantitative estimate of drug-likeness (QED) is 0.734. The number of Topliss-reactive ketones (excluding diaryl/α,β-unsaturated/α-hetero) is 1. The largest absolute Gasteiger partial charge is 0.481 e. The zero-order valence-corrected chi connectivity index (χ0v) is 15.2. The number of aliphatic carboxylic acids is 1. The molecule has 1 fully saturated rings. The molecule has 138 valence electrons. The van der Waals surface area contributed by atoms with Crippen LogP contribution in [0.15, 0.2) is 0 Å². The van der Waals surface area contributed by atoms with E-state index >= 15 is 0 Å². The second-order valence-electron chi connectivity index (χ2n) is 6.59. The van der Waals surface area contributed by atoms with Crippen molar-refractivity contribution in [3.63, 3.8) is 0 Å². The zero-order valence-electron chi connectivity index (χ0n) is 15.2. The minimum atomic E-state index is -0.944. The van der Waals surface area contributed by atoms with Gasteiger partial charge in [-0.2, -0.15) is 0 Å². The summed E-state index contributed by atoms with van der Waals surface area (Å²) in [5.74, 6) is -1.28. The number of amides is 1. The molecular weight excluding hydrogens is 324 g/mol. The Morgan fingerprint density at radius 3 is 2.56 bits per heavy atom. The summed E-state index contributed by atoms with van der Waals surface area (Å²) < 4.78 is 5.33. The lowest BCUT2D eigenvalue weighted by Crippen LogP contribution is -2.38. The number of H-pyrrole nitrogens is 1. The SMILES string of the molecule is CCCc1c(C(=O)N2CC(OC)CC2CC(=O)O)[nH]c(C)c1C(C)=O. The fourth-order valence-corrected chi connectivity index (χ4v) is 3.67. The minimum Gasteiger partial charge on any atom is -0.481 e. The fraction of sp³-hybridized carbons (Fsp3) is 0.611. The summed E-state index contributed by atoms with van der Waals surface area (Å²) >= 11 is 0. The van der Waals surface area contributed by atoms with Crippen molar-refractivity contribution in [2.75, 3.05) is 13.7 Å². The van der Waals surface area contributed by atoms with Crippen LogP contribution in [0, 0.1) is 6.92 Å². The standard InChI is InChI=1S/C18H26N2O5/c1-5-6-14-16(11(3)21)10(2)19-17(14)18(24)20-9-13(25-4)7-12(20)8-15(22)23/h12-13,19H,5-9H2,1-4H3,(H,22,23). The molecule has 0 spiro atoms. The van der Waals surface area contributed by atoms with Gasteiger partial charge in [0.05, 0.1) is 12.5 Å². The van der Waals surface area contributed by atoms with E-state index in [1.54, 1.807) is 18.9 Å². The predicted octanol–water partition coefficient (Wildman–Crippen LogP) is 2.18. The molecule has 7 heteroatoms. The number of aryl methyl sites for hydroxylation is 1. The van der Waals surface area contributed by atoms with Crippen molar-refractivity contribution in [3.05, 3.63) is 22.5 Å². The normalized spacial score (nSPS) is 20.1. The number of aromatic nitrogens is 1. The van der Waals surface area contributed by atoms with E-state index in [2.05, 4.69) is 4.98 Å². The van der Waals surface area contributed by atoms with Crippen LogP contribution in [0.1, 0.15) is 65.2 Å². The number of methoxy groups -OCH3 is 1. The smallest absolute Gasteiger partial charge is 0.305 e. The van der Waals surface area contributed by atoms with Crippen molar-refractivity contribution in [2.45, 2.75) is 58.6 Å². The van der Waals surface area contributed by atoms with Gasteiger partial charge >= 0.3 is 5.97 Å². The summed E-state index contributed by atoms with van der Waals surface area (Å²) in [5.41, 5.74) is 2.38. The van der Waals surface area contributed by atoms with Crippen LogP contribution in [0.2, 0.25) is 0 Å². The van der Waals surface area contributed by atoms with E-state index in [0.717, 1.165) is 12.0 Å². The average Bonchev–Trinajstić information content (AvgIpc) is 3.07. The predicted molar refractivity (Wildman–Crippen MR) is 92.0 cm³/mol. The van der Waals surface area contributed by atoms with E-state index in [-0.39, 0.29) is 24.2 Å². The maximum atomic E-state index is 13.1. The van der Waals surface area contributed by atoms with Crippen LogP contribution in [0.3, 0.4) is 0 Å². The van der Waals surface area contributed by atoms with Crippen molar-refractivity contribution < 1.29 is 24.2 Å². The van der Waals surface area contributed by atoms with E-state index in [9.17, 15) is 14.4 Å². The highest BCUT2D eigenvalue weighted by Gasteiger charge is 2.38. The van der Waals surface area contributed by atoms with Gasteiger partial charge in [-0.15, -0.1) is 0 Å². The van der Waals surface area contributed by atoms with Gasteiger partial charge in [-0.25, -0.2) is 0 Å². The first-order valence-corrected chi connectivity index (χ1v) is 8.58. The number of carbonyl (C=O) groups excluding carboxylic acids is 2. The number of likely N-dealkylation sites (tertiary alicyclic amines) is 1. The molecule has 1 aliphatic rings. The van der Waals surface area contributed by atoms with Crippen LogP contribution >= 0.6 is 0 Å². The van der Waals surface area contributed by atoms with Crippen molar-refractivity contribution >= 4 is 17.7 Å². The molecule has 2 atom stereocenters. The molecule has 1 saturated heterocycles. The lowest BCUT2D eigenvalue weighted by molar-refractivity contribution is -0.138. The van der Waals surface area contributed by atoms with E-state index in [4.69, 9.17) is 9.84 Å². The summed E-state index contributed by atoms with van der Waals surface area (Å²) in [6.07, 6.45) is 1.62. The van der Waals surface area contributed by atoms with Gasteiger partial charge in [-0.05, 0) is 32.3 Å². The molecule has 0 aromatic carbocycles. The average molecular weight is 350 g/mol. The summed E-state index contributed by atoms with van der Waals surface area (Å²) in [6.45, 7) is 5.62. The number of hydrogen-bond donors (Lipinski definition) is 2. The first-order chi connectivity index (χ1) is 11.8. The van der Waals surface area contributed by atoms with Crippen molar-refractivity contribution in [2.24, 2.45) is 0 Å². The molecule has 1 aromatic heterocycles. The van der Waals surface area contributed by atoms with Crippen LogP contribution in [-0.2, 0) is 16.0 Å². The third-order valence-electron chi connectivity index (χ3n) is 4.74. The molecule has 7 nitrogen and oxygen atoms in total. The van der Waals surface area contributed by atoms with Crippen LogP contribution in [-0.4, -0.2) is 58.5 Å². The molecular formula is C18H26N2O5. The lowest BCUT2D eigenvalue weighted by Gasteiger charge is -2.23. The molecule has 1 aliphatic heterocycles.